The summed E-state index contributed by atoms with van der Waals surface area (Å²) in [5.74, 6) is 0. The Morgan fingerprint density at radius 3 is 2.87 bits per heavy atom. The minimum atomic E-state index is 0.378. The molecule has 0 unspecified atom stereocenters. The number of rotatable bonds is 7. The van der Waals surface area contributed by atoms with Crippen molar-refractivity contribution < 1.29 is 0 Å². The van der Waals surface area contributed by atoms with E-state index in [1.165, 1.54) is 4.88 Å². The highest BCUT2D eigenvalue weighted by Crippen LogP contribution is 2.23. The molecule has 0 aliphatic carbocycles. The third kappa shape index (κ3) is 3.85. The van der Waals surface area contributed by atoms with E-state index in [0.29, 0.717) is 6.04 Å². The molecule has 0 bridgehead atoms. The van der Waals surface area contributed by atoms with Crippen molar-refractivity contribution in [2.24, 2.45) is 0 Å². The number of likely N-dealkylation sites (N-methyl/N-ethyl adjacent to an activating group) is 1. The van der Waals surface area contributed by atoms with Crippen molar-refractivity contribution in [1.29, 1.82) is 0 Å². The van der Waals surface area contributed by atoms with Crippen LogP contribution in [0.1, 0.15) is 16.5 Å². The van der Waals surface area contributed by atoms with E-state index in [-0.39, 0.29) is 0 Å². The molecule has 6 heteroatoms. The fraction of sp³-hybridized carbons (Fsp3) is 0.294. The summed E-state index contributed by atoms with van der Waals surface area (Å²) in [6.45, 7) is 1.67. The topological polar surface area (TPSA) is 56.8 Å². The molecule has 3 aromatic heterocycles. The molecule has 0 aromatic carbocycles. The first-order chi connectivity index (χ1) is 11.3. The van der Waals surface area contributed by atoms with Gasteiger partial charge in [-0.2, -0.15) is 5.10 Å². The second-order valence-corrected chi connectivity index (χ2v) is 6.62. The van der Waals surface area contributed by atoms with Crippen LogP contribution in [0.5, 0.6) is 0 Å². The van der Waals surface area contributed by atoms with Gasteiger partial charge in [-0.1, -0.05) is 6.07 Å². The van der Waals surface area contributed by atoms with Crippen LogP contribution in [0.4, 0.5) is 0 Å². The van der Waals surface area contributed by atoms with Crippen LogP contribution in [0.15, 0.2) is 48.2 Å². The van der Waals surface area contributed by atoms with Crippen LogP contribution < -0.4 is 5.32 Å². The highest BCUT2D eigenvalue weighted by atomic mass is 32.1. The molecule has 3 rings (SSSR count). The Kier molecular flexibility index (Phi) is 5.17. The molecule has 0 saturated carbocycles. The van der Waals surface area contributed by atoms with Gasteiger partial charge >= 0.3 is 0 Å². The minimum Gasteiger partial charge on any atom is -0.311 e. The number of pyridine rings is 1. The van der Waals surface area contributed by atoms with Crippen LogP contribution in [0.3, 0.4) is 0 Å². The monoisotopic (exact) mass is 327 g/mol. The molecule has 120 valence electrons. The van der Waals surface area contributed by atoms with Crippen molar-refractivity contribution in [3.63, 3.8) is 0 Å². The molecule has 5 nitrogen and oxygen atoms in total. The predicted molar refractivity (Wildman–Crippen MR) is 94.3 cm³/mol. The number of thiophene rings is 1. The van der Waals surface area contributed by atoms with Crippen molar-refractivity contribution in [1.82, 2.24) is 25.4 Å². The Labute approximate surface area is 140 Å². The van der Waals surface area contributed by atoms with Gasteiger partial charge in [0, 0.05) is 41.5 Å². The van der Waals surface area contributed by atoms with Gasteiger partial charge in [0.05, 0.1) is 17.9 Å². The highest BCUT2D eigenvalue weighted by molar-refractivity contribution is 7.10. The van der Waals surface area contributed by atoms with Gasteiger partial charge in [0.15, 0.2) is 0 Å². The fourth-order valence-corrected chi connectivity index (χ4v) is 3.49. The van der Waals surface area contributed by atoms with Crippen LogP contribution in [-0.2, 0) is 6.54 Å². The lowest BCUT2D eigenvalue weighted by Gasteiger charge is -2.23. The maximum absolute atomic E-state index is 4.18. The van der Waals surface area contributed by atoms with Crippen molar-refractivity contribution in [2.75, 3.05) is 20.6 Å². The summed E-state index contributed by atoms with van der Waals surface area (Å²) in [5.41, 5.74) is 3.24. The molecular formula is C17H21N5S. The molecule has 0 amide bonds. The second-order valence-electron chi connectivity index (χ2n) is 5.64. The maximum atomic E-state index is 4.18. The van der Waals surface area contributed by atoms with E-state index in [4.69, 9.17) is 0 Å². The number of hydrogen-bond donors (Lipinski definition) is 2. The summed E-state index contributed by atoms with van der Waals surface area (Å²) in [4.78, 5) is 7.80. The Balaban J connectivity index is 1.64. The standard InChI is InChI=1S/C17H21N5S/c1-22(2)15(16-6-4-8-23-16)12-19-10-14-11-20-21-17(14)13-5-3-7-18-9-13/h3-9,11,15,19H,10,12H2,1-2H3,(H,20,21)/t15-/m1/s1. The fourth-order valence-electron chi connectivity index (χ4n) is 2.57. The molecule has 3 aromatic rings. The summed E-state index contributed by atoms with van der Waals surface area (Å²) in [5, 5.41) is 12.9. The SMILES string of the molecule is CN(C)[C@H](CNCc1cn[nH]c1-c1cccnc1)c1cccs1. The van der Waals surface area contributed by atoms with Crippen LogP contribution in [0.25, 0.3) is 11.3 Å². The summed E-state index contributed by atoms with van der Waals surface area (Å²) >= 11 is 1.80. The van der Waals surface area contributed by atoms with Gasteiger partial charge < -0.3 is 10.2 Å². The molecule has 1 atom stereocenters. The van der Waals surface area contributed by atoms with Gasteiger partial charge in [-0.3, -0.25) is 10.1 Å². The average Bonchev–Trinajstić information content (AvgIpc) is 3.23. The van der Waals surface area contributed by atoms with Gasteiger partial charge in [-0.05, 0) is 37.7 Å². The van der Waals surface area contributed by atoms with Crippen molar-refractivity contribution >= 4 is 11.3 Å². The first-order valence-corrected chi connectivity index (χ1v) is 8.47. The lowest BCUT2D eigenvalue weighted by Crippen LogP contribution is -2.30. The highest BCUT2D eigenvalue weighted by Gasteiger charge is 2.15. The van der Waals surface area contributed by atoms with E-state index >= 15 is 0 Å². The normalized spacial score (nSPS) is 12.7. The molecule has 3 heterocycles. The number of hydrogen-bond acceptors (Lipinski definition) is 5. The third-order valence-electron chi connectivity index (χ3n) is 3.82. The summed E-state index contributed by atoms with van der Waals surface area (Å²) in [7, 11) is 4.23. The predicted octanol–water partition coefficient (Wildman–Crippen LogP) is 2.93. The van der Waals surface area contributed by atoms with Gasteiger partial charge in [0.25, 0.3) is 0 Å². The Hall–Kier alpha value is -2.02. The van der Waals surface area contributed by atoms with E-state index in [9.17, 15) is 0 Å². The summed E-state index contributed by atoms with van der Waals surface area (Å²) in [6, 6.07) is 8.65. The van der Waals surface area contributed by atoms with Crippen molar-refractivity contribution in [3.8, 4) is 11.3 Å². The van der Waals surface area contributed by atoms with E-state index in [1.54, 1.807) is 17.5 Å². The maximum Gasteiger partial charge on any atom is 0.0710 e. The average molecular weight is 327 g/mol. The zero-order valence-corrected chi connectivity index (χ0v) is 14.2. The summed E-state index contributed by atoms with van der Waals surface area (Å²) in [6.07, 6.45) is 5.51. The largest absolute Gasteiger partial charge is 0.311 e. The van der Waals surface area contributed by atoms with Crippen LogP contribution >= 0.6 is 11.3 Å². The Bertz CT molecular complexity index is 706. The third-order valence-corrected chi connectivity index (χ3v) is 4.79. The molecule has 0 aliphatic rings. The molecule has 0 radical (unpaired) electrons. The first kappa shape index (κ1) is 15.9. The molecule has 0 spiro atoms. The Morgan fingerprint density at radius 1 is 1.26 bits per heavy atom. The van der Waals surface area contributed by atoms with Crippen LogP contribution in [0.2, 0.25) is 0 Å². The van der Waals surface area contributed by atoms with Gasteiger partial charge in [0.2, 0.25) is 0 Å². The van der Waals surface area contributed by atoms with E-state index in [0.717, 1.165) is 29.9 Å². The smallest absolute Gasteiger partial charge is 0.0710 e. The van der Waals surface area contributed by atoms with E-state index < -0.39 is 0 Å². The minimum absolute atomic E-state index is 0.378. The molecule has 23 heavy (non-hydrogen) atoms. The zero-order chi connectivity index (χ0) is 16.1. The lowest BCUT2D eigenvalue weighted by molar-refractivity contribution is 0.292. The number of aromatic amines is 1. The molecule has 0 aliphatic heterocycles. The number of nitrogens with one attached hydrogen (secondary N) is 2. The van der Waals surface area contributed by atoms with E-state index in [1.807, 2.05) is 24.5 Å². The van der Waals surface area contributed by atoms with Crippen LogP contribution in [-0.4, -0.2) is 40.7 Å². The van der Waals surface area contributed by atoms with Gasteiger partial charge in [-0.25, -0.2) is 0 Å². The number of nitrogens with zero attached hydrogens (tertiary/aromatic N) is 3. The lowest BCUT2D eigenvalue weighted by atomic mass is 10.1. The van der Waals surface area contributed by atoms with E-state index in [2.05, 4.69) is 57.0 Å². The van der Waals surface area contributed by atoms with Gasteiger partial charge in [0.1, 0.15) is 0 Å². The van der Waals surface area contributed by atoms with Crippen molar-refractivity contribution in [3.05, 3.63) is 58.7 Å². The van der Waals surface area contributed by atoms with Gasteiger partial charge in [-0.15, -0.1) is 11.3 Å². The zero-order valence-electron chi connectivity index (χ0n) is 13.4. The molecule has 2 N–H and O–H groups in total. The number of aromatic nitrogens is 3. The number of H-pyrrole nitrogens is 1. The second kappa shape index (κ2) is 7.50. The summed E-state index contributed by atoms with van der Waals surface area (Å²) < 4.78 is 0. The Morgan fingerprint density at radius 2 is 2.17 bits per heavy atom. The molecule has 0 saturated heterocycles. The van der Waals surface area contributed by atoms with Crippen LogP contribution in [0, 0.1) is 0 Å². The molecular weight excluding hydrogens is 306 g/mol. The van der Waals surface area contributed by atoms with Crippen molar-refractivity contribution in [2.45, 2.75) is 12.6 Å². The first-order valence-electron chi connectivity index (χ1n) is 7.59. The quantitative estimate of drug-likeness (QED) is 0.700. The molecule has 0 fully saturated rings.